The number of carboxylic acid groups (broad SMARTS) is 1. The zero-order valence-electron chi connectivity index (χ0n) is 4.96. The summed E-state index contributed by atoms with van der Waals surface area (Å²) >= 11 is 0. The normalized spacial score (nSPS) is 18.7. The number of hydrogen-bond acceptors (Lipinski definition) is 6. The maximum Gasteiger partial charge on any atom is 0.328 e. The molecular formula is C3H7N5O2. The van der Waals surface area contributed by atoms with Gasteiger partial charge in [-0.15, -0.1) is 10.6 Å². The van der Waals surface area contributed by atoms with Crippen LogP contribution in [0.25, 0.3) is 0 Å². The van der Waals surface area contributed by atoms with Gasteiger partial charge in [0.1, 0.15) is 0 Å². The molecule has 0 radical (unpaired) electrons. The lowest BCUT2D eigenvalue weighted by Crippen LogP contribution is -2.47. The van der Waals surface area contributed by atoms with Gasteiger partial charge in [0.15, 0.2) is 11.9 Å². The van der Waals surface area contributed by atoms with Crippen LogP contribution in [0.5, 0.6) is 0 Å². The summed E-state index contributed by atoms with van der Waals surface area (Å²) in [5, 5.41) is 11.8. The summed E-state index contributed by atoms with van der Waals surface area (Å²) < 4.78 is 0. The highest BCUT2D eigenvalue weighted by Gasteiger charge is 2.20. The molecule has 0 fully saturated rings. The van der Waals surface area contributed by atoms with E-state index < -0.39 is 12.0 Å². The van der Waals surface area contributed by atoms with Crippen LogP contribution in [0.15, 0.2) is 5.10 Å². The number of hydrogen-bond donors (Lipinski definition) is 5. The first-order valence-corrected chi connectivity index (χ1v) is 2.54. The molecule has 1 aliphatic heterocycles. The number of carboxylic acids is 1. The van der Waals surface area contributed by atoms with Crippen molar-refractivity contribution in [3.63, 3.8) is 0 Å². The lowest BCUT2D eigenvalue weighted by molar-refractivity contribution is -0.136. The van der Waals surface area contributed by atoms with Crippen molar-refractivity contribution in [1.29, 1.82) is 0 Å². The zero-order chi connectivity index (χ0) is 7.56. The summed E-state index contributed by atoms with van der Waals surface area (Å²) in [7, 11) is 0. The molecule has 0 spiro atoms. The van der Waals surface area contributed by atoms with Gasteiger partial charge < -0.3 is 10.8 Å². The van der Waals surface area contributed by atoms with E-state index in [0.717, 1.165) is 0 Å². The molecule has 1 aliphatic rings. The molecule has 7 heteroatoms. The molecule has 10 heavy (non-hydrogen) atoms. The third-order valence-electron chi connectivity index (χ3n) is 0.983. The number of rotatable bonds is 2. The Balaban J connectivity index is 2.55. The molecule has 1 rings (SSSR count). The largest absolute Gasteiger partial charge is 0.480 e. The van der Waals surface area contributed by atoms with E-state index in [1.807, 2.05) is 0 Å². The Hall–Kier alpha value is -1.34. The van der Waals surface area contributed by atoms with E-state index in [9.17, 15) is 4.79 Å². The molecule has 0 aromatic rings. The summed E-state index contributed by atoms with van der Waals surface area (Å²) in [5.74, 6) is -0.968. The molecule has 0 saturated heterocycles. The smallest absolute Gasteiger partial charge is 0.328 e. The summed E-state index contributed by atoms with van der Waals surface area (Å²) in [4.78, 5) is 10.2. The summed E-state index contributed by atoms with van der Waals surface area (Å²) in [6.45, 7) is 0. The van der Waals surface area contributed by atoms with Gasteiger partial charge >= 0.3 is 5.97 Å². The predicted octanol–water partition coefficient (Wildman–Crippen LogP) is -2.68. The maximum absolute atomic E-state index is 10.2. The van der Waals surface area contributed by atoms with Crippen LogP contribution in [0.3, 0.4) is 0 Å². The molecule has 0 amide bonds. The maximum atomic E-state index is 10.2. The minimum atomic E-state index is -1.13. The molecule has 7 nitrogen and oxygen atoms in total. The average Bonchev–Trinajstić information content (AvgIpc) is 2.36. The third kappa shape index (κ3) is 1.14. The fourth-order valence-corrected chi connectivity index (χ4v) is 0.472. The van der Waals surface area contributed by atoms with Crippen molar-refractivity contribution in [3.05, 3.63) is 0 Å². The van der Waals surface area contributed by atoms with Gasteiger partial charge in [0.25, 0.3) is 0 Å². The van der Waals surface area contributed by atoms with Gasteiger partial charge in [-0.3, -0.25) is 10.2 Å². The van der Waals surface area contributed by atoms with Crippen molar-refractivity contribution in [3.8, 4) is 0 Å². The van der Waals surface area contributed by atoms with E-state index in [4.69, 9.17) is 10.8 Å². The SMILES string of the molecule is N[C@@H](C(=O)O)C1=NNNN1. The first kappa shape index (κ1) is 6.78. The first-order valence-electron chi connectivity index (χ1n) is 2.54. The summed E-state index contributed by atoms with van der Waals surface area (Å²) in [6, 6.07) is -1.11. The van der Waals surface area contributed by atoms with Gasteiger partial charge in [0, 0.05) is 0 Å². The third-order valence-corrected chi connectivity index (χ3v) is 0.983. The second kappa shape index (κ2) is 2.50. The highest BCUT2D eigenvalue weighted by Crippen LogP contribution is 1.82. The van der Waals surface area contributed by atoms with Crippen LogP contribution < -0.4 is 22.2 Å². The Labute approximate surface area is 56.2 Å². The van der Waals surface area contributed by atoms with E-state index in [2.05, 4.69) is 21.6 Å². The van der Waals surface area contributed by atoms with Crippen LogP contribution in [0.2, 0.25) is 0 Å². The van der Waals surface area contributed by atoms with Gasteiger partial charge in [-0.25, -0.2) is 5.53 Å². The predicted molar refractivity (Wildman–Crippen MR) is 32.5 cm³/mol. The van der Waals surface area contributed by atoms with Crippen LogP contribution in [0.1, 0.15) is 0 Å². The van der Waals surface area contributed by atoms with E-state index in [1.54, 1.807) is 0 Å². The quantitative estimate of drug-likeness (QED) is 0.289. The fraction of sp³-hybridized carbons (Fsp3) is 0.333. The van der Waals surface area contributed by atoms with Gasteiger partial charge in [-0.05, 0) is 0 Å². The van der Waals surface area contributed by atoms with Crippen LogP contribution in [-0.4, -0.2) is 23.0 Å². The van der Waals surface area contributed by atoms with E-state index in [-0.39, 0.29) is 5.84 Å². The highest BCUT2D eigenvalue weighted by atomic mass is 16.4. The van der Waals surface area contributed by atoms with Gasteiger partial charge in [-0.2, -0.15) is 0 Å². The highest BCUT2D eigenvalue weighted by molar-refractivity contribution is 6.04. The van der Waals surface area contributed by atoms with E-state index >= 15 is 0 Å². The van der Waals surface area contributed by atoms with Gasteiger partial charge in [0.2, 0.25) is 0 Å². The number of nitrogens with one attached hydrogen (secondary N) is 3. The first-order chi connectivity index (χ1) is 4.72. The number of nitrogens with zero attached hydrogens (tertiary/aromatic N) is 1. The second-order valence-electron chi connectivity index (χ2n) is 1.67. The Morgan fingerprint density at radius 3 is 2.90 bits per heavy atom. The second-order valence-corrected chi connectivity index (χ2v) is 1.67. The molecule has 0 aliphatic carbocycles. The van der Waals surface area contributed by atoms with Crippen LogP contribution in [-0.2, 0) is 4.79 Å². The molecule has 1 atom stereocenters. The molecule has 0 saturated carbocycles. The van der Waals surface area contributed by atoms with E-state index in [0.29, 0.717) is 0 Å². The fourth-order valence-electron chi connectivity index (χ4n) is 0.472. The monoisotopic (exact) mass is 145 g/mol. The lowest BCUT2D eigenvalue weighted by atomic mass is 10.3. The molecule has 0 aromatic carbocycles. The molecule has 0 unspecified atom stereocenters. The number of aliphatic carboxylic acids is 1. The van der Waals surface area contributed by atoms with Crippen LogP contribution in [0.4, 0.5) is 0 Å². The van der Waals surface area contributed by atoms with Crippen molar-refractivity contribution in [2.45, 2.75) is 6.04 Å². The number of hydrazone groups is 1. The molecule has 0 aromatic heterocycles. The molecular weight excluding hydrogens is 138 g/mol. The summed E-state index contributed by atoms with van der Waals surface area (Å²) in [5.41, 5.74) is 12.2. The van der Waals surface area contributed by atoms with Crippen molar-refractivity contribution in [1.82, 2.24) is 16.5 Å². The Morgan fingerprint density at radius 2 is 2.50 bits per heavy atom. The standard InChI is InChI=1S/C3H7N5O2/c4-1(3(9)10)2-5-7-8-6-2/h1,7-8H,4H2,(H,5,6)(H,9,10)/t1-/m1/s1. The molecule has 1 heterocycles. The Morgan fingerprint density at radius 1 is 1.80 bits per heavy atom. The number of nitrogens with two attached hydrogens (primary N) is 1. The number of carbonyl (C=O) groups is 1. The number of amidine groups is 1. The van der Waals surface area contributed by atoms with Crippen molar-refractivity contribution in [2.24, 2.45) is 10.8 Å². The average molecular weight is 145 g/mol. The van der Waals surface area contributed by atoms with Crippen molar-refractivity contribution < 1.29 is 9.90 Å². The topological polar surface area (TPSA) is 112 Å². The van der Waals surface area contributed by atoms with Crippen LogP contribution in [0, 0.1) is 0 Å². The molecule has 0 bridgehead atoms. The van der Waals surface area contributed by atoms with E-state index in [1.165, 1.54) is 0 Å². The molecule has 56 valence electrons. The minimum Gasteiger partial charge on any atom is -0.480 e. The van der Waals surface area contributed by atoms with Crippen molar-refractivity contribution >= 4 is 11.8 Å². The Bertz CT molecular complexity index is 178. The van der Waals surface area contributed by atoms with Gasteiger partial charge in [-0.1, -0.05) is 0 Å². The number of hydrazine groups is 2. The zero-order valence-corrected chi connectivity index (χ0v) is 4.96. The van der Waals surface area contributed by atoms with Crippen molar-refractivity contribution in [2.75, 3.05) is 0 Å². The van der Waals surface area contributed by atoms with Gasteiger partial charge in [0.05, 0.1) is 0 Å². The van der Waals surface area contributed by atoms with Crippen LogP contribution >= 0.6 is 0 Å². The molecule has 6 N–H and O–H groups in total. The Kier molecular flexibility index (Phi) is 1.69. The summed E-state index contributed by atoms with van der Waals surface area (Å²) in [6.07, 6.45) is 0. The lowest BCUT2D eigenvalue weighted by Gasteiger charge is -2.03. The minimum absolute atomic E-state index is 0.160.